The number of hydrogen-bond donors (Lipinski definition) is 0. The molecule has 5 rings (SSSR count). The number of fused-ring (bicyclic) bond motifs is 2. The van der Waals surface area contributed by atoms with Crippen molar-refractivity contribution in [1.82, 2.24) is 10.2 Å². The highest BCUT2D eigenvalue weighted by Crippen LogP contribution is 2.43. The van der Waals surface area contributed by atoms with Crippen LogP contribution in [0.3, 0.4) is 0 Å². The molecule has 0 saturated heterocycles. The van der Waals surface area contributed by atoms with E-state index < -0.39 is 11.9 Å². The van der Waals surface area contributed by atoms with Crippen LogP contribution in [0.25, 0.3) is 11.0 Å². The summed E-state index contributed by atoms with van der Waals surface area (Å²) in [6.45, 7) is 3.69. The summed E-state index contributed by atoms with van der Waals surface area (Å²) in [4.78, 5) is 28.3. The number of carbonyl (C=O) groups excluding carboxylic acids is 1. The Bertz CT molecular complexity index is 1410. The van der Waals surface area contributed by atoms with Gasteiger partial charge in [0.15, 0.2) is 5.43 Å². The van der Waals surface area contributed by atoms with E-state index >= 15 is 0 Å². The predicted molar refractivity (Wildman–Crippen MR) is 117 cm³/mol. The van der Waals surface area contributed by atoms with Crippen molar-refractivity contribution in [2.24, 2.45) is 0 Å². The van der Waals surface area contributed by atoms with Crippen molar-refractivity contribution < 1.29 is 9.21 Å². The quantitative estimate of drug-likeness (QED) is 0.407. The van der Waals surface area contributed by atoms with Crippen molar-refractivity contribution in [3.8, 4) is 0 Å². The smallest absolute Gasteiger partial charge is 0.297 e. The molecule has 0 aliphatic carbocycles. The van der Waals surface area contributed by atoms with Gasteiger partial charge < -0.3 is 4.42 Å². The summed E-state index contributed by atoms with van der Waals surface area (Å²) in [6, 6.07) is 9.56. The summed E-state index contributed by atoms with van der Waals surface area (Å²) in [7, 11) is 0. The molecule has 0 N–H and O–H groups in total. The molecule has 3 heterocycles. The molecule has 0 fully saturated rings. The van der Waals surface area contributed by atoms with Crippen molar-refractivity contribution in [3.05, 3.63) is 84.1 Å². The number of nitrogens with zero attached hydrogens (tertiary/aromatic N) is 3. The number of halogens is 2. The molecule has 6 nitrogen and oxygen atoms in total. The summed E-state index contributed by atoms with van der Waals surface area (Å²) in [6.07, 6.45) is 0. The topological polar surface area (TPSA) is 76.3 Å². The lowest BCUT2D eigenvalue weighted by atomic mass is 9.98. The van der Waals surface area contributed by atoms with Crippen molar-refractivity contribution in [1.29, 1.82) is 0 Å². The van der Waals surface area contributed by atoms with Gasteiger partial charge in [0.05, 0.1) is 27.0 Å². The lowest BCUT2D eigenvalue weighted by Crippen LogP contribution is -2.29. The maximum Gasteiger partial charge on any atom is 0.297 e. The maximum atomic E-state index is 13.5. The maximum absolute atomic E-state index is 13.5. The molecule has 1 atom stereocenters. The van der Waals surface area contributed by atoms with Crippen molar-refractivity contribution >= 4 is 56.5 Å². The summed E-state index contributed by atoms with van der Waals surface area (Å²) < 4.78 is 5.92. The highest BCUT2D eigenvalue weighted by atomic mass is 35.5. The monoisotopic (exact) mass is 457 g/mol. The third-order valence-corrected chi connectivity index (χ3v) is 6.58. The van der Waals surface area contributed by atoms with Crippen molar-refractivity contribution in [3.63, 3.8) is 0 Å². The van der Waals surface area contributed by atoms with Crippen molar-refractivity contribution in [2.75, 3.05) is 4.90 Å². The van der Waals surface area contributed by atoms with Crippen LogP contribution in [-0.4, -0.2) is 16.1 Å². The second-order valence-corrected chi connectivity index (χ2v) is 9.00. The molecule has 0 bridgehead atoms. The summed E-state index contributed by atoms with van der Waals surface area (Å²) >= 11 is 13.6. The molecule has 1 aliphatic rings. The number of anilines is 1. The van der Waals surface area contributed by atoms with E-state index in [0.717, 1.165) is 5.56 Å². The molecule has 1 amide bonds. The Morgan fingerprint density at radius 1 is 1.03 bits per heavy atom. The SMILES string of the molecule is Cc1ccc2oc3c(c(=O)c2c1)C(c1ccc(Cl)c(Cl)c1)N(c1nnc(C)s1)C3=O. The van der Waals surface area contributed by atoms with Gasteiger partial charge >= 0.3 is 0 Å². The zero-order valence-electron chi connectivity index (χ0n) is 15.8. The Morgan fingerprint density at radius 2 is 1.83 bits per heavy atom. The molecular weight excluding hydrogens is 445 g/mol. The first-order chi connectivity index (χ1) is 14.3. The summed E-state index contributed by atoms with van der Waals surface area (Å²) in [5, 5.41) is 10.3. The van der Waals surface area contributed by atoms with Gasteiger partial charge in [-0.3, -0.25) is 14.5 Å². The second kappa shape index (κ2) is 6.91. The van der Waals surface area contributed by atoms with Gasteiger partial charge in [-0.15, -0.1) is 10.2 Å². The van der Waals surface area contributed by atoms with Gasteiger partial charge in [-0.25, -0.2) is 0 Å². The molecule has 0 radical (unpaired) electrons. The van der Waals surface area contributed by atoms with Crippen molar-refractivity contribution in [2.45, 2.75) is 19.9 Å². The standard InChI is InChI=1S/C21H13Cl2N3O3S/c1-9-3-6-15-12(7-9)18(27)16-17(11-4-5-13(22)14(23)8-11)26(20(28)19(16)29-15)21-25-24-10(2)30-21/h3-8,17H,1-2H3. The minimum atomic E-state index is -0.754. The molecule has 1 aliphatic heterocycles. The van der Waals surface area contributed by atoms with Gasteiger partial charge in [-0.1, -0.05) is 52.2 Å². The van der Waals surface area contributed by atoms with E-state index in [1.165, 1.54) is 16.2 Å². The zero-order valence-corrected chi connectivity index (χ0v) is 18.1. The van der Waals surface area contributed by atoms with Crippen LogP contribution in [0.1, 0.15) is 38.3 Å². The molecule has 4 aromatic rings. The fraction of sp³-hybridized carbons (Fsp3) is 0.143. The van der Waals surface area contributed by atoms with Crippen LogP contribution in [0.5, 0.6) is 0 Å². The van der Waals surface area contributed by atoms with Gasteiger partial charge in [-0.2, -0.15) is 0 Å². The Balaban J connectivity index is 1.84. The normalized spacial score (nSPS) is 15.8. The van der Waals surface area contributed by atoms with E-state index in [4.69, 9.17) is 27.6 Å². The third kappa shape index (κ3) is 2.85. The van der Waals surface area contributed by atoms with Crippen LogP contribution < -0.4 is 10.3 Å². The number of amides is 1. The fourth-order valence-corrected chi connectivity index (χ4v) is 4.69. The number of aromatic nitrogens is 2. The molecule has 2 aromatic carbocycles. The molecule has 2 aromatic heterocycles. The van der Waals surface area contributed by atoms with Gasteiger partial charge in [0.2, 0.25) is 10.9 Å². The average Bonchev–Trinajstić information content (AvgIpc) is 3.26. The second-order valence-electron chi connectivity index (χ2n) is 7.03. The lowest BCUT2D eigenvalue weighted by Gasteiger charge is -2.22. The van der Waals surface area contributed by atoms with Crippen LogP contribution in [0.4, 0.5) is 5.13 Å². The number of benzene rings is 2. The molecule has 150 valence electrons. The van der Waals surface area contributed by atoms with E-state index in [2.05, 4.69) is 10.2 Å². The predicted octanol–water partition coefficient (Wildman–Crippen LogP) is 5.32. The number of hydrogen-bond acceptors (Lipinski definition) is 6. The first-order valence-electron chi connectivity index (χ1n) is 9.01. The van der Waals surface area contributed by atoms with E-state index in [-0.39, 0.29) is 16.8 Å². The lowest BCUT2D eigenvalue weighted by molar-refractivity contribution is 0.0970. The van der Waals surface area contributed by atoms with Crippen LogP contribution >= 0.6 is 34.5 Å². The first-order valence-corrected chi connectivity index (χ1v) is 10.6. The number of carbonyl (C=O) groups is 1. The third-order valence-electron chi connectivity index (χ3n) is 5.01. The average molecular weight is 458 g/mol. The largest absolute Gasteiger partial charge is 0.450 e. The number of aryl methyl sites for hydroxylation is 2. The Labute approximate surface area is 184 Å². The Kier molecular flexibility index (Phi) is 4.43. The van der Waals surface area contributed by atoms with Gasteiger partial charge in [0.25, 0.3) is 5.91 Å². The van der Waals surface area contributed by atoms with E-state index in [1.54, 1.807) is 37.3 Å². The summed E-state index contributed by atoms with van der Waals surface area (Å²) in [5.41, 5.74) is 1.90. The molecule has 30 heavy (non-hydrogen) atoms. The zero-order chi connectivity index (χ0) is 21.2. The Morgan fingerprint density at radius 3 is 2.53 bits per heavy atom. The minimum absolute atomic E-state index is 0.000258. The van der Waals surface area contributed by atoms with Crippen LogP contribution in [0.15, 0.2) is 45.6 Å². The molecule has 9 heteroatoms. The minimum Gasteiger partial charge on any atom is -0.450 e. The molecule has 1 unspecified atom stereocenters. The van der Waals surface area contributed by atoms with E-state index in [9.17, 15) is 9.59 Å². The molecular formula is C21H13Cl2N3O3S. The molecule has 0 spiro atoms. The fourth-order valence-electron chi connectivity index (χ4n) is 3.67. The molecule has 0 saturated carbocycles. The number of rotatable bonds is 2. The van der Waals surface area contributed by atoms with Gasteiger partial charge in [0, 0.05) is 0 Å². The van der Waals surface area contributed by atoms with Crippen LogP contribution in [-0.2, 0) is 0 Å². The highest BCUT2D eigenvalue weighted by Gasteiger charge is 2.45. The summed E-state index contributed by atoms with van der Waals surface area (Å²) in [5.74, 6) is -0.447. The Hall–Kier alpha value is -2.74. The first kappa shape index (κ1) is 19.2. The van der Waals surface area contributed by atoms with E-state index in [0.29, 0.717) is 36.7 Å². The van der Waals surface area contributed by atoms with Gasteiger partial charge in [0.1, 0.15) is 10.6 Å². The van der Waals surface area contributed by atoms with E-state index in [1.807, 2.05) is 13.0 Å². The van der Waals surface area contributed by atoms with Crippen LogP contribution in [0.2, 0.25) is 10.0 Å². The van der Waals surface area contributed by atoms with Gasteiger partial charge in [-0.05, 0) is 43.7 Å². The van der Waals surface area contributed by atoms with Crippen LogP contribution in [0, 0.1) is 13.8 Å². The highest BCUT2D eigenvalue weighted by molar-refractivity contribution is 7.15.